The van der Waals surface area contributed by atoms with Crippen molar-refractivity contribution in [3.05, 3.63) is 51.1 Å². The van der Waals surface area contributed by atoms with Crippen LogP contribution in [0.15, 0.2) is 40.3 Å². The van der Waals surface area contributed by atoms with Crippen LogP contribution in [-0.2, 0) is 12.8 Å². The number of thioether (sulfide) groups is 1. The number of rotatable bonds is 3. The average Bonchev–Trinajstić information content (AvgIpc) is 3.23. The zero-order valence-corrected chi connectivity index (χ0v) is 17.8. The molecule has 0 bridgehead atoms. The molecule has 144 valence electrons. The van der Waals surface area contributed by atoms with Gasteiger partial charge in [0, 0.05) is 10.1 Å². The number of hydrogen-bond acceptors (Lipinski definition) is 5. The Labute approximate surface area is 171 Å². The maximum atomic E-state index is 13.7. The molecule has 0 spiro atoms. The minimum absolute atomic E-state index is 0.0225. The number of aromatic nitrogens is 4. The Hall–Kier alpha value is -2.12. The molecule has 4 aromatic rings. The Bertz CT molecular complexity index is 1240. The second-order valence-corrected chi connectivity index (χ2v) is 10.4. The van der Waals surface area contributed by atoms with Gasteiger partial charge in [-0.2, -0.15) is 0 Å². The summed E-state index contributed by atoms with van der Waals surface area (Å²) in [6.07, 6.45) is 3.16. The Balaban J connectivity index is 1.93. The third-order valence-electron chi connectivity index (χ3n) is 5.28. The van der Waals surface area contributed by atoms with Crippen molar-refractivity contribution in [2.24, 2.45) is 5.92 Å². The molecule has 5 nitrogen and oxygen atoms in total. The molecule has 3 heterocycles. The van der Waals surface area contributed by atoms with E-state index in [0.29, 0.717) is 16.9 Å². The maximum absolute atomic E-state index is 13.7. The van der Waals surface area contributed by atoms with Gasteiger partial charge in [0.2, 0.25) is 5.78 Å². The van der Waals surface area contributed by atoms with E-state index in [1.807, 2.05) is 30.3 Å². The fraction of sp³-hybridized carbons (Fsp3) is 0.381. The molecule has 0 saturated heterocycles. The van der Waals surface area contributed by atoms with Crippen LogP contribution < -0.4 is 5.56 Å². The Morgan fingerprint density at radius 2 is 2.00 bits per heavy atom. The number of aryl methyl sites for hydroxylation is 1. The lowest BCUT2D eigenvalue weighted by Gasteiger charge is -2.17. The van der Waals surface area contributed by atoms with Gasteiger partial charge in [0.15, 0.2) is 5.16 Å². The monoisotopic (exact) mass is 410 g/mol. The van der Waals surface area contributed by atoms with Crippen molar-refractivity contribution in [1.82, 2.24) is 19.2 Å². The first-order valence-electron chi connectivity index (χ1n) is 9.71. The summed E-state index contributed by atoms with van der Waals surface area (Å²) in [5, 5.41) is 11.0. The maximum Gasteiger partial charge on any atom is 0.268 e. The summed E-state index contributed by atoms with van der Waals surface area (Å²) < 4.78 is 3.83. The molecule has 1 aromatic carbocycles. The highest BCUT2D eigenvalue weighted by atomic mass is 32.2. The number of fused-ring (bicyclic) bond motifs is 5. The molecule has 0 amide bonds. The molecule has 0 aliphatic heterocycles. The summed E-state index contributed by atoms with van der Waals surface area (Å²) >= 11 is 3.44. The van der Waals surface area contributed by atoms with Crippen LogP contribution in [0.5, 0.6) is 0 Å². The molecule has 3 aromatic heterocycles. The van der Waals surface area contributed by atoms with Gasteiger partial charge in [-0.25, -0.2) is 8.97 Å². The van der Waals surface area contributed by atoms with Gasteiger partial charge in [-0.1, -0.05) is 50.7 Å². The van der Waals surface area contributed by atoms with E-state index in [9.17, 15) is 4.79 Å². The van der Waals surface area contributed by atoms with E-state index in [0.717, 1.165) is 40.3 Å². The fourth-order valence-electron chi connectivity index (χ4n) is 4.00. The van der Waals surface area contributed by atoms with Gasteiger partial charge in [-0.3, -0.25) is 4.79 Å². The number of thiophene rings is 1. The molecule has 7 heteroatoms. The molecular formula is C21H22N4OS2. The Kier molecular flexibility index (Phi) is 4.32. The average molecular weight is 411 g/mol. The summed E-state index contributed by atoms with van der Waals surface area (Å²) in [5.41, 5.74) is 2.09. The molecule has 5 rings (SSSR count). The third-order valence-corrected chi connectivity index (χ3v) is 7.47. The van der Waals surface area contributed by atoms with Gasteiger partial charge >= 0.3 is 0 Å². The molecule has 1 aliphatic carbocycles. The van der Waals surface area contributed by atoms with Gasteiger partial charge in [-0.15, -0.1) is 21.5 Å². The first-order chi connectivity index (χ1) is 13.5. The lowest BCUT2D eigenvalue weighted by Crippen LogP contribution is -2.22. The van der Waals surface area contributed by atoms with Gasteiger partial charge in [0.1, 0.15) is 4.83 Å². The zero-order valence-electron chi connectivity index (χ0n) is 16.2. The number of nitrogens with zero attached hydrogens (tertiary/aromatic N) is 4. The van der Waals surface area contributed by atoms with Crippen LogP contribution in [0.4, 0.5) is 0 Å². The highest BCUT2D eigenvalue weighted by molar-refractivity contribution is 7.99. The summed E-state index contributed by atoms with van der Waals surface area (Å²) in [6, 6.07) is 9.78. The summed E-state index contributed by atoms with van der Waals surface area (Å²) in [4.78, 5) is 16.0. The van der Waals surface area contributed by atoms with Gasteiger partial charge in [0.25, 0.3) is 5.56 Å². The quantitative estimate of drug-likeness (QED) is 0.459. The first kappa shape index (κ1) is 17.9. The van der Waals surface area contributed by atoms with Crippen LogP contribution in [-0.4, -0.2) is 24.4 Å². The summed E-state index contributed by atoms with van der Waals surface area (Å²) in [5.74, 6) is 1.26. The minimum atomic E-state index is 0.0225. The van der Waals surface area contributed by atoms with Crippen molar-refractivity contribution in [3.8, 4) is 5.69 Å². The minimum Gasteiger partial charge on any atom is -0.268 e. The third kappa shape index (κ3) is 2.71. The predicted molar refractivity (Wildman–Crippen MR) is 116 cm³/mol. The van der Waals surface area contributed by atoms with Gasteiger partial charge < -0.3 is 0 Å². The van der Waals surface area contributed by atoms with Crippen LogP contribution in [0.2, 0.25) is 0 Å². The van der Waals surface area contributed by atoms with Gasteiger partial charge in [-0.05, 0) is 42.9 Å². The van der Waals surface area contributed by atoms with E-state index in [2.05, 4.69) is 35.4 Å². The second-order valence-electron chi connectivity index (χ2n) is 7.79. The number of hydrogen-bond donors (Lipinski definition) is 0. The fourth-order valence-corrected chi connectivity index (χ4v) is 6.35. The van der Waals surface area contributed by atoms with E-state index >= 15 is 0 Å². The van der Waals surface area contributed by atoms with Crippen molar-refractivity contribution in [3.63, 3.8) is 0 Å². The largest absolute Gasteiger partial charge is 0.268 e. The van der Waals surface area contributed by atoms with Crippen molar-refractivity contribution < 1.29 is 0 Å². The van der Waals surface area contributed by atoms with E-state index in [1.165, 1.54) is 10.4 Å². The zero-order chi connectivity index (χ0) is 19.4. The van der Waals surface area contributed by atoms with E-state index in [1.54, 1.807) is 27.7 Å². The molecule has 1 atom stereocenters. The van der Waals surface area contributed by atoms with Crippen LogP contribution in [0.25, 0.3) is 21.7 Å². The van der Waals surface area contributed by atoms with Crippen molar-refractivity contribution in [2.45, 2.75) is 50.4 Å². The van der Waals surface area contributed by atoms with E-state index < -0.39 is 0 Å². The smallest absolute Gasteiger partial charge is 0.268 e. The van der Waals surface area contributed by atoms with E-state index in [-0.39, 0.29) is 5.56 Å². The molecular weight excluding hydrogens is 388 g/mol. The number of para-hydroxylation sites is 1. The summed E-state index contributed by atoms with van der Waals surface area (Å²) in [7, 11) is 0. The Morgan fingerprint density at radius 3 is 2.75 bits per heavy atom. The molecule has 0 unspecified atom stereocenters. The molecule has 0 saturated carbocycles. The van der Waals surface area contributed by atoms with Crippen molar-refractivity contribution in [2.75, 3.05) is 0 Å². The molecule has 0 radical (unpaired) electrons. The first-order valence-corrected chi connectivity index (χ1v) is 11.4. The lowest BCUT2D eigenvalue weighted by atomic mass is 9.89. The summed E-state index contributed by atoms with van der Waals surface area (Å²) in [6.45, 7) is 6.60. The predicted octanol–water partition coefficient (Wildman–Crippen LogP) is 4.72. The second kappa shape index (κ2) is 6.74. The molecule has 0 fully saturated rings. The van der Waals surface area contributed by atoms with Crippen molar-refractivity contribution >= 4 is 39.1 Å². The SMILES string of the molecule is CC(C)Sc1nnc2n(-c3ccccc3)c(=O)c3c4c(sc3n12)C[C@@H](C)CC4. The highest BCUT2D eigenvalue weighted by Crippen LogP contribution is 2.38. The van der Waals surface area contributed by atoms with Crippen LogP contribution in [0, 0.1) is 5.92 Å². The van der Waals surface area contributed by atoms with Crippen molar-refractivity contribution in [1.29, 1.82) is 0 Å². The van der Waals surface area contributed by atoms with Crippen LogP contribution >= 0.6 is 23.1 Å². The molecule has 0 N–H and O–H groups in total. The number of benzene rings is 1. The molecule has 28 heavy (non-hydrogen) atoms. The van der Waals surface area contributed by atoms with E-state index in [4.69, 9.17) is 0 Å². The standard InChI is InChI=1S/C21H22N4OS2/c1-12(2)27-21-23-22-20-24(14-7-5-4-6-8-14)18(26)17-15-10-9-13(3)11-16(15)28-19(17)25(20)21/h4-8,12-13H,9-11H2,1-3H3/t13-/m0/s1. The normalized spacial score (nSPS) is 16.9. The van der Waals surface area contributed by atoms with Crippen LogP contribution in [0.3, 0.4) is 0 Å². The lowest BCUT2D eigenvalue weighted by molar-refractivity contribution is 0.509. The topological polar surface area (TPSA) is 52.2 Å². The highest BCUT2D eigenvalue weighted by Gasteiger charge is 2.27. The Morgan fingerprint density at radius 1 is 1.21 bits per heavy atom. The molecule has 1 aliphatic rings. The van der Waals surface area contributed by atoms with Crippen LogP contribution in [0.1, 0.15) is 37.6 Å². The van der Waals surface area contributed by atoms with Gasteiger partial charge in [0.05, 0.1) is 11.1 Å².